The number of aliphatic imine (C=N–C) groups is 2. The molecule has 0 aliphatic carbocycles. The number of aliphatic carboxylic acids is 2. The molecule has 3 rings (SSSR count). The molecule has 3 heterocycles. The van der Waals surface area contributed by atoms with E-state index in [1.807, 2.05) is 6.20 Å². The summed E-state index contributed by atoms with van der Waals surface area (Å²) in [5.74, 6) is -6.28. The second-order valence-electron chi connectivity index (χ2n) is 17.1. The van der Waals surface area contributed by atoms with Crippen molar-refractivity contribution in [3.63, 3.8) is 0 Å². The molecule has 0 saturated heterocycles. The minimum absolute atomic E-state index is 0.211. The molecular weight excluding hydrogens is 955 g/mol. The van der Waals surface area contributed by atoms with Crippen molar-refractivity contribution < 1.29 is 78.4 Å². The molecule has 1 aromatic heterocycles. The molecule has 29 nitrogen and oxygen atoms in total. The summed E-state index contributed by atoms with van der Waals surface area (Å²) in [4.78, 5) is 81.2. The highest BCUT2D eigenvalue weighted by Gasteiger charge is 2.48. The lowest BCUT2D eigenvalue weighted by molar-refractivity contribution is -0.147. The molecule has 0 spiro atoms. The van der Waals surface area contributed by atoms with Crippen molar-refractivity contribution in [1.29, 1.82) is 0 Å². The summed E-state index contributed by atoms with van der Waals surface area (Å²) in [5.41, 5.74) is 22.9. The number of nitrogens with one attached hydrogen (secondary N) is 4. The van der Waals surface area contributed by atoms with Gasteiger partial charge in [0.05, 0.1) is 43.1 Å². The van der Waals surface area contributed by atoms with Gasteiger partial charge < -0.3 is 93.8 Å². The predicted molar refractivity (Wildman–Crippen MR) is 253 cm³/mol. The zero-order valence-electron chi connectivity index (χ0n) is 40.3. The van der Waals surface area contributed by atoms with Crippen molar-refractivity contribution in [2.24, 2.45) is 32.9 Å². The summed E-state index contributed by atoms with van der Waals surface area (Å²) in [6.45, 7) is 1.68. The zero-order valence-corrected chi connectivity index (χ0v) is 40.3. The lowest BCUT2D eigenvalue weighted by Gasteiger charge is -2.39. The fraction of sp³-hybridized carbons (Fsp3) is 0.674. The third-order valence-electron chi connectivity index (χ3n) is 11.2. The molecule has 0 aromatic carbocycles. The molecule has 10 atom stereocenters. The molecule has 2 aliphatic heterocycles. The second kappa shape index (κ2) is 30.7. The van der Waals surface area contributed by atoms with Crippen LogP contribution in [0.15, 0.2) is 39.9 Å². The minimum Gasteiger partial charge on any atom is -0.477 e. The first kappa shape index (κ1) is 59.3. The summed E-state index contributed by atoms with van der Waals surface area (Å²) in [6.07, 6.45) is 2.12. The van der Waals surface area contributed by atoms with Crippen LogP contribution in [0.5, 0.6) is 0 Å². The van der Waals surface area contributed by atoms with Crippen molar-refractivity contribution in [3.05, 3.63) is 35.6 Å². The monoisotopic (exact) mass is 1030 g/mol. The number of aromatic nitrogens is 3. The maximum absolute atomic E-state index is 12.8. The van der Waals surface area contributed by atoms with Crippen LogP contribution in [0.3, 0.4) is 0 Å². The number of carbonyl (C=O) groups is 6. The Morgan fingerprint density at radius 1 is 0.667 bits per heavy atom. The Morgan fingerprint density at radius 2 is 1.07 bits per heavy atom. The highest BCUT2D eigenvalue weighted by atomic mass is 16.6. The van der Waals surface area contributed by atoms with Crippen LogP contribution < -0.4 is 44.2 Å². The largest absolute Gasteiger partial charge is 0.477 e. The molecule has 18 N–H and O–H groups in total. The molecule has 0 fully saturated rings. The average molecular weight is 1030 g/mol. The highest BCUT2D eigenvalue weighted by molar-refractivity contribution is 5.86. The third kappa shape index (κ3) is 20.4. The van der Waals surface area contributed by atoms with Gasteiger partial charge in [0.25, 0.3) is 0 Å². The number of carboxylic acid groups (broad SMARTS) is 2. The predicted octanol–water partition coefficient (Wildman–Crippen LogP) is -2.96. The topological polar surface area (TPSA) is 468 Å². The number of nitrogens with two attached hydrogens (primary N) is 4. The van der Waals surface area contributed by atoms with Gasteiger partial charge in [-0.25, -0.2) is 29.2 Å². The lowest BCUT2D eigenvalue weighted by Crippen LogP contribution is -2.61. The molecular formula is C43H71N13O16. The van der Waals surface area contributed by atoms with E-state index in [1.54, 1.807) is 4.68 Å². The highest BCUT2D eigenvalue weighted by Crippen LogP contribution is 2.28. The van der Waals surface area contributed by atoms with E-state index in [-0.39, 0.29) is 13.1 Å². The van der Waals surface area contributed by atoms with E-state index in [2.05, 4.69) is 41.6 Å². The van der Waals surface area contributed by atoms with Gasteiger partial charge in [-0.1, -0.05) is 50.2 Å². The Hall–Kier alpha value is -6.98. The van der Waals surface area contributed by atoms with Crippen LogP contribution in [0, 0.1) is 0 Å². The van der Waals surface area contributed by atoms with Gasteiger partial charge in [-0.05, 0) is 44.3 Å². The van der Waals surface area contributed by atoms with E-state index in [0.29, 0.717) is 19.4 Å². The number of aliphatic hydroxyl groups excluding tert-OH is 4. The average Bonchev–Trinajstić information content (AvgIpc) is 3.77. The van der Waals surface area contributed by atoms with Crippen LogP contribution in [-0.2, 0) is 51.1 Å². The van der Waals surface area contributed by atoms with Gasteiger partial charge in [-0.3, -0.25) is 14.3 Å². The van der Waals surface area contributed by atoms with E-state index < -0.39 is 133 Å². The number of ether oxygens (including phenoxy) is 4. The Morgan fingerprint density at radius 3 is 1.46 bits per heavy atom. The van der Waals surface area contributed by atoms with Crippen molar-refractivity contribution in [1.82, 2.24) is 36.3 Å². The van der Waals surface area contributed by atoms with Crippen molar-refractivity contribution in [2.75, 3.05) is 26.3 Å². The Labute approximate surface area is 414 Å². The number of amides is 4. The number of hydrogen-bond donors (Lipinski definition) is 14. The molecule has 0 unspecified atom stereocenters. The molecule has 0 bridgehead atoms. The van der Waals surface area contributed by atoms with E-state index >= 15 is 0 Å². The Balaban J connectivity index is 1.31. The summed E-state index contributed by atoms with van der Waals surface area (Å²) in [6, 6.07) is -4.74. The molecule has 404 valence electrons. The van der Waals surface area contributed by atoms with Crippen molar-refractivity contribution >= 4 is 47.9 Å². The van der Waals surface area contributed by atoms with Gasteiger partial charge in [0, 0.05) is 39.7 Å². The fourth-order valence-electron chi connectivity index (χ4n) is 7.87. The van der Waals surface area contributed by atoms with Gasteiger partial charge in [-0.2, -0.15) is 0 Å². The molecule has 0 radical (unpaired) electrons. The minimum atomic E-state index is -1.74. The van der Waals surface area contributed by atoms with Gasteiger partial charge in [-0.15, -0.1) is 5.10 Å². The Kier molecular flexibility index (Phi) is 25.3. The zero-order chi connectivity index (χ0) is 53.3. The maximum Gasteiger partial charge on any atom is 0.407 e. The van der Waals surface area contributed by atoms with E-state index in [4.69, 9.17) is 41.9 Å². The Bertz CT molecular complexity index is 2060. The van der Waals surface area contributed by atoms with Crippen molar-refractivity contribution in [2.45, 2.75) is 158 Å². The number of aryl methyl sites for hydroxylation is 2. The van der Waals surface area contributed by atoms with Crippen LogP contribution in [0.2, 0.25) is 0 Å². The quantitative estimate of drug-likeness (QED) is 0.0201. The first-order chi connectivity index (χ1) is 34.2. The van der Waals surface area contributed by atoms with Gasteiger partial charge in [0.1, 0.15) is 12.2 Å². The summed E-state index contributed by atoms with van der Waals surface area (Å²) in [5, 5.41) is 78.6. The molecule has 0 saturated carbocycles. The third-order valence-corrected chi connectivity index (χ3v) is 11.2. The van der Waals surface area contributed by atoms with Crippen LogP contribution in [0.1, 0.15) is 90.2 Å². The number of aliphatic hydroxyl groups is 4. The maximum atomic E-state index is 12.8. The molecule has 72 heavy (non-hydrogen) atoms. The summed E-state index contributed by atoms with van der Waals surface area (Å²) < 4.78 is 23.7. The first-order valence-electron chi connectivity index (χ1n) is 23.6. The van der Waals surface area contributed by atoms with Crippen LogP contribution in [-0.4, -0.2) is 181 Å². The fourth-order valence-corrected chi connectivity index (χ4v) is 7.87. The van der Waals surface area contributed by atoms with Gasteiger partial charge in [0.15, 0.2) is 36.3 Å². The van der Waals surface area contributed by atoms with Gasteiger partial charge in [0.2, 0.25) is 23.3 Å². The molecule has 1 aromatic rings. The van der Waals surface area contributed by atoms with Crippen LogP contribution in [0.25, 0.3) is 0 Å². The van der Waals surface area contributed by atoms with E-state index in [1.165, 1.54) is 13.8 Å². The normalized spacial score (nSPS) is 21.0. The molecule has 2 aliphatic rings. The number of carbonyl (C=O) groups excluding carboxylic acids is 4. The second-order valence-corrected chi connectivity index (χ2v) is 17.1. The van der Waals surface area contributed by atoms with E-state index in [0.717, 1.165) is 82.1 Å². The van der Waals surface area contributed by atoms with Crippen molar-refractivity contribution in [3.8, 4) is 0 Å². The van der Waals surface area contributed by atoms with Gasteiger partial charge >= 0.3 is 24.1 Å². The lowest BCUT2D eigenvalue weighted by atomic mass is 9.92. The summed E-state index contributed by atoms with van der Waals surface area (Å²) >= 11 is 0. The summed E-state index contributed by atoms with van der Waals surface area (Å²) in [7, 11) is 0. The number of unbranched alkanes of at least 4 members (excludes halogenated alkanes) is 9. The van der Waals surface area contributed by atoms with E-state index in [9.17, 15) is 59.4 Å². The molecule has 29 heteroatoms. The number of rotatable bonds is 31. The standard InChI is InChI=1S/C43H71N13O16/c1-23(59)50-32-26(52-40(44)45)18-30(38(63)64)69-36(32)34(28(61)21-57)71-42(67)48-15-11-7-4-3-6-10-14-25-20-56(55-54-25)17-13-9-5-8-12-16-49-43(68)72-35(29(62)22-58)37-33(51-24(2)60)27(53-41(46)47)19-31(70-37)39(65)66/h18-20,26-29,32-37,57-58,61-62H,3-17,21-22H2,1-2H3,(H,48,67)(H,49,68)(H,50,59)(H,51,60)(H,63,64)(H,65,66)(H4,44,45,52)(H4,46,47,53)/t26-,27-,28+,29+,32+,33+,34+,35+,36+,37+/m0/s1. The SMILES string of the molecule is CC(=O)N[C@H]1[C@H]([C@H](OC(=O)NCCCCCCCCc2cn(CCCCCCCNC(=O)O[C@@H]([C@@H]3OC(C(=O)O)=C[C@H](N=C(N)N)[C@H]3NC(C)=O)[C@H](O)CO)nn2)[C@H](O)CO)OC(C(=O)O)=C[C@@H]1N=C(N)N. The first-order valence-corrected chi connectivity index (χ1v) is 23.6. The number of nitrogens with zero attached hydrogens (tertiary/aromatic N) is 5. The number of carboxylic acids is 2. The van der Waals surface area contributed by atoms with Crippen LogP contribution >= 0.6 is 0 Å². The number of hydrogen-bond acceptors (Lipinski definition) is 18. The number of guanidine groups is 2. The number of alkyl carbamates (subject to hydrolysis) is 2. The van der Waals surface area contributed by atoms with Crippen LogP contribution in [0.4, 0.5) is 9.59 Å². The smallest absolute Gasteiger partial charge is 0.407 e. The molecule has 4 amide bonds.